The molecule has 2 aromatic carbocycles. The molecule has 0 atom stereocenters. The summed E-state index contributed by atoms with van der Waals surface area (Å²) in [6, 6.07) is 14.0. The van der Waals surface area contributed by atoms with E-state index in [1.54, 1.807) is 6.07 Å². The Bertz CT molecular complexity index is 552. The van der Waals surface area contributed by atoms with Gasteiger partial charge in [0.15, 0.2) is 0 Å². The minimum Gasteiger partial charge on any atom is -0.488 e. The number of carbonyl (C=O) groups is 1. The van der Waals surface area contributed by atoms with Crippen molar-refractivity contribution < 1.29 is 14.6 Å². The summed E-state index contributed by atoms with van der Waals surface area (Å²) in [6.07, 6.45) is 0. The highest BCUT2D eigenvalue weighted by molar-refractivity contribution is 5.91. The van der Waals surface area contributed by atoms with Crippen LogP contribution >= 0.6 is 0 Å². The summed E-state index contributed by atoms with van der Waals surface area (Å²) in [5, 5.41) is 9.03. The van der Waals surface area contributed by atoms with E-state index < -0.39 is 5.97 Å². The van der Waals surface area contributed by atoms with Crippen LogP contribution in [0, 0.1) is 0 Å². The van der Waals surface area contributed by atoms with Crippen molar-refractivity contribution in [2.75, 3.05) is 5.73 Å². The van der Waals surface area contributed by atoms with Crippen LogP contribution in [0.4, 0.5) is 5.69 Å². The van der Waals surface area contributed by atoms with E-state index in [9.17, 15) is 4.79 Å². The Kier molecular flexibility index (Phi) is 3.48. The lowest BCUT2D eigenvalue weighted by Crippen LogP contribution is -2.04. The molecule has 4 heteroatoms. The standard InChI is InChI=1S/C14H13NO3/c15-11-6-7-12(14(16)17)13(8-11)18-9-10-4-2-1-3-5-10/h1-8H,9,15H2,(H,16,17). The van der Waals surface area contributed by atoms with Crippen LogP contribution < -0.4 is 10.5 Å². The van der Waals surface area contributed by atoms with Crippen molar-refractivity contribution in [3.05, 3.63) is 59.7 Å². The zero-order valence-corrected chi connectivity index (χ0v) is 9.67. The normalized spacial score (nSPS) is 10.0. The van der Waals surface area contributed by atoms with Gasteiger partial charge >= 0.3 is 5.97 Å². The highest BCUT2D eigenvalue weighted by Crippen LogP contribution is 2.22. The van der Waals surface area contributed by atoms with E-state index in [1.807, 2.05) is 30.3 Å². The van der Waals surface area contributed by atoms with E-state index in [2.05, 4.69) is 0 Å². The molecule has 18 heavy (non-hydrogen) atoms. The number of nitrogen functional groups attached to an aromatic ring is 1. The molecule has 0 aromatic heterocycles. The monoisotopic (exact) mass is 243 g/mol. The van der Waals surface area contributed by atoms with Gasteiger partial charge in [-0.15, -0.1) is 0 Å². The van der Waals surface area contributed by atoms with Gasteiger partial charge in [-0.25, -0.2) is 4.79 Å². The molecule has 0 unspecified atom stereocenters. The highest BCUT2D eigenvalue weighted by Gasteiger charge is 2.11. The van der Waals surface area contributed by atoms with Crippen molar-refractivity contribution in [1.29, 1.82) is 0 Å². The fourth-order valence-electron chi connectivity index (χ4n) is 1.57. The van der Waals surface area contributed by atoms with E-state index >= 15 is 0 Å². The molecule has 0 saturated heterocycles. The first-order valence-electron chi connectivity index (χ1n) is 5.46. The summed E-state index contributed by atoms with van der Waals surface area (Å²) >= 11 is 0. The minimum atomic E-state index is -1.03. The molecular formula is C14H13NO3. The van der Waals surface area contributed by atoms with E-state index in [0.717, 1.165) is 5.56 Å². The summed E-state index contributed by atoms with van der Waals surface area (Å²) in [6.45, 7) is 0.310. The maximum atomic E-state index is 11.0. The predicted octanol–water partition coefficient (Wildman–Crippen LogP) is 2.55. The molecule has 3 N–H and O–H groups in total. The fraction of sp³-hybridized carbons (Fsp3) is 0.0714. The molecule has 0 bridgehead atoms. The number of hydrogen-bond acceptors (Lipinski definition) is 3. The molecule has 0 aliphatic rings. The Labute approximate surface area is 105 Å². The van der Waals surface area contributed by atoms with Crippen LogP contribution in [-0.2, 0) is 6.61 Å². The fourth-order valence-corrected chi connectivity index (χ4v) is 1.57. The molecule has 0 aliphatic carbocycles. The second-order valence-corrected chi connectivity index (χ2v) is 3.84. The molecule has 0 amide bonds. The first-order valence-corrected chi connectivity index (χ1v) is 5.46. The van der Waals surface area contributed by atoms with Crippen molar-refractivity contribution in [2.24, 2.45) is 0 Å². The number of carboxylic acid groups (broad SMARTS) is 1. The maximum Gasteiger partial charge on any atom is 0.339 e. The van der Waals surface area contributed by atoms with Crippen LogP contribution in [0.25, 0.3) is 0 Å². The molecule has 0 aliphatic heterocycles. The predicted molar refractivity (Wildman–Crippen MR) is 68.6 cm³/mol. The van der Waals surface area contributed by atoms with E-state index in [0.29, 0.717) is 12.3 Å². The SMILES string of the molecule is Nc1ccc(C(=O)O)c(OCc2ccccc2)c1. The summed E-state index contributed by atoms with van der Waals surface area (Å²) in [5.41, 5.74) is 7.18. The maximum absolute atomic E-state index is 11.0. The van der Waals surface area contributed by atoms with Crippen molar-refractivity contribution in [3.8, 4) is 5.75 Å². The third-order valence-corrected chi connectivity index (χ3v) is 2.47. The zero-order chi connectivity index (χ0) is 13.0. The van der Waals surface area contributed by atoms with Gasteiger partial charge in [0.2, 0.25) is 0 Å². The molecule has 4 nitrogen and oxygen atoms in total. The van der Waals surface area contributed by atoms with E-state index in [1.165, 1.54) is 12.1 Å². The average Bonchev–Trinajstić information content (AvgIpc) is 2.37. The van der Waals surface area contributed by atoms with Crippen LogP contribution in [-0.4, -0.2) is 11.1 Å². The number of ether oxygens (including phenoxy) is 1. The van der Waals surface area contributed by atoms with Gasteiger partial charge in [-0.1, -0.05) is 30.3 Å². The summed E-state index contributed by atoms with van der Waals surface area (Å²) in [7, 11) is 0. The topological polar surface area (TPSA) is 72.6 Å². The number of benzene rings is 2. The number of anilines is 1. The molecule has 2 aromatic rings. The van der Waals surface area contributed by atoms with Crippen LogP contribution in [0.2, 0.25) is 0 Å². The Morgan fingerprint density at radius 2 is 1.89 bits per heavy atom. The van der Waals surface area contributed by atoms with Gasteiger partial charge < -0.3 is 15.6 Å². The average molecular weight is 243 g/mol. The molecule has 0 fully saturated rings. The molecule has 0 heterocycles. The van der Waals surface area contributed by atoms with Crippen molar-refractivity contribution >= 4 is 11.7 Å². The third kappa shape index (κ3) is 2.79. The molecule has 0 saturated carbocycles. The first-order chi connectivity index (χ1) is 8.66. The lowest BCUT2D eigenvalue weighted by molar-refractivity contribution is 0.0692. The van der Waals surface area contributed by atoms with Gasteiger partial charge in [0, 0.05) is 11.8 Å². The second kappa shape index (κ2) is 5.23. The second-order valence-electron chi connectivity index (χ2n) is 3.84. The number of hydrogen-bond donors (Lipinski definition) is 2. The Morgan fingerprint density at radius 3 is 2.56 bits per heavy atom. The largest absolute Gasteiger partial charge is 0.488 e. The van der Waals surface area contributed by atoms with Gasteiger partial charge in [-0.3, -0.25) is 0 Å². The Balaban J connectivity index is 2.18. The number of nitrogens with two attached hydrogens (primary N) is 1. The quantitative estimate of drug-likeness (QED) is 0.809. The Hall–Kier alpha value is -2.49. The van der Waals surface area contributed by atoms with Crippen molar-refractivity contribution in [3.63, 3.8) is 0 Å². The van der Waals surface area contributed by atoms with Gasteiger partial charge in [-0.2, -0.15) is 0 Å². The van der Waals surface area contributed by atoms with Gasteiger partial charge in [0.1, 0.15) is 17.9 Å². The molecule has 0 radical (unpaired) electrons. The van der Waals surface area contributed by atoms with Crippen LogP contribution in [0.1, 0.15) is 15.9 Å². The zero-order valence-electron chi connectivity index (χ0n) is 9.67. The minimum absolute atomic E-state index is 0.111. The third-order valence-electron chi connectivity index (χ3n) is 2.47. The number of rotatable bonds is 4. The van der Waals surface area contributed by atoms with Crippen LogP contribution in [0.15, 0.2) is 48.5 Å². The molecule has 2 rings (SSSR count). The molecule has 0 spiro atoms. The van der Waals surface area contributed by atoms with Gasteiger partial charge in [0.05, 0.1) is 0 Å². The van der Waals surface area contributed by atoms with Crippen molar-refractivity contribution in [2.45, 2.75) is 6.61 Å². The smallest absolute Gasteiger partial charge is 0.339 e. The number of carboxylic acids is 1. The van der Waals surface area contributed by atoms with Gasteiger partial charge in [-0.05, 0) is 17.7 Å². The first kappa shape index (κ1) is 12.0. The summed E-state index contributed by atoms with van der Waals surface area (Å²) < 4.78 is 5.50. The van der Waals surface area contributed by atoms with E-state index in [-0.39, 0.29) is 11.3 Å². The summed E-state index contributed by atoms with van der Waals surface area (Å²) in [4.78, 5) is 11.0. The Morgan fingerprint density at radius 1 is 1.17 bits per heavy atom. The number of aromatic carboxylic acids is 1. The highest BCUT2D eigenvalue weighted by atomic mass is 16.5. The van der Waals surface area contributed by atoms with Crippen LogP contribution in [0.5, 0.6) is 5.75 Å². The van der Waals surface area contributed by atoms with Gasteiger partial charge in [0.25, 0.3) is 0 Å². The molecular weight excluding hydrogens is 230 g/mol. The molecule has 92 valence electrons. The summed E-state index contributed by atoms with van der Waals surface area (Å²) in [5.74, 6) is -0.746. The van der Waals surface area contributed by atoms with Crippen LogP contribution in [0.3, 0.4) is 0 Å². The van der Waals surface area contributed by atoms with Crippen molar-refractivity contribution in [1.82, 2.24) is 0 Å². The lowest BCUT2D eigenvalue weighted by atomic mass is 10.2. The lowest BCUT2D eigenvalue weighted by Gasteiger charge is -2.09. The van der Waals surface area contributed by atoms with E-state index in [4.69, 9.17) is 15.6 Å².